The zero-order valence-corrected chi connectivity index (χ0v) is 21.6. The fourth-order valence-electron chi connectivity index (χ4n) is 4.73. The number of ketones is 1. The van der Waals surface area contributed by atoms with Crippen LogP contribution in [0.4, 0.5) is 11.6 Å². The van der Waals surface area contributed by atoms with Crippen LogP contribution in [0.15, 0.2) is 33.4 Å². The van der Waals surface area contributed by atoms with Crippen molar-refractivity contribution in [1.29, 1.82) is 5.26 Å². The topological polar surface area (TPSA) is 158 Å². The van der Waals surface area contributed by atoms with Crippen molar-refractivity contribution in [2.75, 3.05) is 23.7 Å². The fourth-order valence-corrected chi connectivity index (χ4v) is 4.73. The summed E-state index contributed by atoms with van der Waals surface area (Å²) >= 11 is 0. The molecule has 0 radical (unpaired) electrons. The Kier molecular flexibility index (Phi) is 7.05. The van der Waals surface area contributed by atoms with Crippen molar-refractivity contribution in [3.05, 3.63) is 61.3 Å². The van der Waals surface area contributed by atoms with Gasteiger partial charge < -0.3 is 20.9 Å². The number of hydrogen-bond donors (Lipinski definition) is 2. The number of nitriles is 1. The van der Waals surface area contributed by atoms with Gasteiger partial charge in [-0.3, -0.25) is 18.7 Å². The van der Waals surface area contributed by atoms with Gasteiger partial charge in [-0.25, -0.2) is 4.79 Å². The lowest BCUT2D eigenvalue weighted by atomic mass is 10.00. The lowest BCUT2D eigenvalue weighted by molar-refractivity contribution is 0.0969. The summed E-state index contributed by atoms with van der Waals surface area (Å²) in [6, 6.07) is 5.13. The number of carbonyl (C=O) groups excluding carboxylic acids is 1. The molecule has 0 spiro atoms. The normalized spacial score (nSPS) is 15.6. The van der Waals surface area contributed by atoms with Crippen LogP contribution in [0.5, 0.6) is 0 Å². The molecule has 1 fully saturated rings. The van der Waals surface area contributed by atoms with E-state index in [-0.39, 0.29) is 34.0 Å². The van der Waals surface area contributed by atoms with Gasteiger partial charge in [0.15, 0.2) is 16.9 Å². The average molecular weight is 505 g/mol. The number of carbonyl (C=O) groups is 1. The van der Waals surface area contributed by atoms with Gasteiger partial charge in [0.1, 0.15) is 6.07 Å². The molecule has 194 valence electrons. The maximum absolute atomic E-state index is 13.7. The number of rotatable bonds is 6. The average Bonchev–Trinajstić information content (AvgIpc) is 3.24. The van der Waals surface area contributed by atoms with Crippen LogP contribution < -0.4 is 27.6 Å². The van der Waals surface area contributed by atoms with Crippen molar-refractivity contribution in [1.82, 2.24) is 18.7 Å². The van der Waals surface area contributed by atoms with Crippen molar-refractivity contribution in [2.24, 2.45) is 12.8 Å². The van der Waals surface area contributed by atoms with Crippen LogP contribution in [0.25, 0.3) is 11.2 Å². The van der Waals surface area contributed by atoms with Gasteiger partial charge >= 0.3 is 5.69 Å². The number of Topliss-reactive ketones (excluding diaryl/α,β-unsaturated/α-hetero) is 1. The van der Waals surface area contributed by atoms with Crippen LogP contribution in [0, 0.1) is 18.3 Å². The van der Waals surface area contributed by atoms with Crippen molar-refractivity contribution in [2.45, 2.75) is 52.7 Å². The predicted octanol–water partition coefficient (Wildman–Crippen LogP) is 1.44. The van der Waals surface area contributed by atoms with Crippen molar-refractivity contribution in [3.63, 3.8) is 0 Å². The third-order valence-electron chi connectivity index (χ3n) is 6.80. The van der Waals surface area contributed by atoms with Gasteiger partial charge in [-0.05, 0) is 45.2 Å². The molecule has 3 heterocycles. The molecule has 0 amide bonds. The molecule has 1 unspecified atom stereocenters. The zero-order valence-electron chi connectivity index (χ0n) is 21.6. The van der Waals surface area contributed by atoms with Crippen LogP contribution >= 0.6 is 0 Å². The van der Waals surface area contributed by atoms with E-state index in [2.05, 4.69) is 0 Å². The van der Waals surface area contributed by atoms with E-state index < -0.39 is 23.6 Å². The number of imidazole rings is 1. The molecular formula is C26H32N8O3. The smallest absolute Gasteiger partial charge is 0.332 e. The number of piperidine rings is 1. The van der Waals surface area contributed by atoms with Crippen LogP contribution in [0.1, 0.15) is 48.2 Å². The SMILES string of the molecule is CC(C)=CCn1c(N2CCCC(N)C2)nc2c1c(=O)n(CC(=O)c1ccc(C)c(C#N)c1N)c(=O)n2C. The predicted molar refractivity (Wildman–Crippen MR) is 143 cm³/mol. The van der Waals surface area contributed by atoms with Crippen LogP contribution in [-0.4, -0.2) is 43.6 Å². The summed E-state index contributed by atoms with van der Waals surface area (Å²) in [5, 5.41) is 9.41. The Morgan fingerprint density at radius 1 is 1.27 bits per heavy atom. The van der Waals surface area contributed by atoms with Gasteiger partial charge in [0, 0.05) is 38.3 Å². The molecule has 1 saturated heterocycles. The summed E-state index contributed by atoms with van der Waals surface area (Å²) in [5.41, 5.74) is 13.5. The number of anilines is 2. The van der Waals surface area contributed by atoms with E-state index in [1.165, 1.54) is 17.7 Å². The summed E-state index contributed by atoms with van der Waals surface area (Å²) in [6.07, 6.45) is 3.78. The van der Waals surface area contributed by atoms with Crippen molar-refractivity contribution < 1.29 is 4.79 Å². The van der Waals surface area contributed by atoms with E-state index in [0.717, 1.165) is 29.5 Å². The van der Waals surface area contributed by atoms with Gasteiger partial charge in [-0.1, -0.05) is 17.7 Å². The monoisotopic (exact) mass is 504 g/mol. The molecule has 3 aromatic rings. The highest BCUT2D eigenvalue weighted by molar-refractivity contribution is 6.02. The molecule has 1 aromatic carbocycles. The molecule has 1 aliphatic rings. The van der Waals surface area contributed by atoms with Crippen molar-refractivity contribution >= 4 is 28.6 Å². The van der Waals surface area contributed by atoms with E-state index in [1.54, 1.807) is 17.6 Å². The highest BCUT2D eigenvalue weighted by atomic mass is 16.2. The largest absolute Gasteiger partial charge is 0.397 e. The zero-order chi connectivity index (χ0) is 27.0. The van der Waals surface area contributed by atoms with Gasteiger partial charge in [0.2, 0.25) is 5.95 Å². The number of aromatic nitrogens is 4. The van der Waals surface area contributed by atoms with E-state index in [9.17, 15) is 19.6 Å². The summed E-state index contributed by atoms with van der Waals surface area (Å²) < 4.78 is 3.98. The summed E-state index contributed by atoms with van der Waals surface area (Å²) in [5.74, 6) is 0.0328. The molecule has 0 saturated carbocycles. The number of nitrogen functional groups attached to an aromatic ring is 1. The van der Waals surface area contributed by atoms with Crippen LogP contribution in [-0.2, 0) is 20.1 Å². The molecule has 4 N–H and O–H groups in total. The quantitative estimate of drug-likeness (QED) is 0.290. The van der Waals surface area contributed by atoms with Gasteiger partial charge in [0.05, 0.1) is 17.8 Å². The number of fused-ring (bicyclic) bond motifs is 1. The van der Waals surface area contributed by atoms with E-state index in [0.29, 0.717) is 24.6 Å². The second-order valence-corrected chi connectivity index (χ2v) is 9.81. The van der Waals surface area contributed by atoms with Gasteiger partial charge in [0.25, 0.3) is 5.56 Å². The Hall–Kier alpha value is -4.17. The fraction of sp³-hybridized carbons (Fsp3) is 0.423. The Balaban J connectivity index is 1.88. The molecule has 0 bridgehead atoms. The highest BCUT2D eigenvalue weighted by Crippen LogP contribution is 2.24. The molecule has 2 aromatic heterocycles. The third kappa shape index (κ3) is 4.68. The standard InChI is InChI=1S/C26H32N8O3/c1-15(2)9-11-33-22-23(30-25(33)32-10-5-6-17(28)13-32)31(4)26(37)34(24(22)36)14-20(35)18-8-7-16(3)19(12-27)21(18)29/h7-9,17H,5-6,10-11,13-14,28-29H2,1-4H3. The molecule has 11 nitrogen and oxygen atoms in total. The van der Waals surface area contributed by atoms with E-state index in [1.807, 2.05) is 30.9 Å². The first-order valence-electron chi connectivity index (χ1n) is 12.2. The minimum atomic E-state index is -0.661. The molecule has 0 aliphatic carbocycles. The number of aryl methyl sites for hydroxylation is 2. The van der Waals surface area contributed by atoms with Gasteiger partial charge in [-0.15, -0.1) is 0 Å². The van der Waals surface area contributed by atoms with Gasteiger partial charge in [-0.2, -0.15) is 10.2 Å². The number of benzene rings is 1. The number of nitrogens with zero attached hydrogens (tertiary/aromatic N) is 6. The second kappa shape index (κ2) is 10.1. The minimum Gasteiger partial charge on any atom is -0.397 e. The molecule has 1 aliphatic heterocycles. The molecular weight excluding hydrogens is 472 g/mol. The van der Waals surface area contributed by atoms with E-state index >= 15 is 0 Å². The van der Waals surface area contributed by atoms with Crippen molar-refractivity contribution in [3.8, 4) is 6.07 Å². The Morgan fingerprint density at radius 3 is 2.65 bits per heavy atom. The molecule has 1 atom stereocenters. The van der Waals surface area contributed by atoms with Crippen LogP contribution in [0.2, 0.25) is 0 Å². The Labute approximate surface area is 214 Å². The maximum atomic E-state index is 13.7. The number of nitrogens with two attached hydrogens (primary N) is 2. The first kappa shape index (κ1) is 25.9. The third-order valence-corrected chi connectivity index (χ3v) is 6.80. The first-order valence-corrected chi connectivity index (χ1v) is 12.2. The second-order valence-electron chi connectivity index (χ2n) is 9.81. The Bertz CT molecular complexity index is 1580. The lowest BCUT2D eigenvalue weighted by Crippen LogP contribution is -2.44. The summed E-state index contributed by atoms with van der Waals surface area (Å²) in [7, 11) is 1.53. The maximum Gasteiger partial charge on any atom is 0.332 e. The lowest BCUT2D eigenvalue weighted by Gasteiger charge is -2.31. The number of allylic oxidation sites excluding steroid dienone is 2. The summed E-state index contributed by atoms with van der Waals surface area (Å²) in [6.45, 7) is 6.83. The highest BCUT2D eigenvalue weighted by Gasteiger charge is 2.27. The summed E-state index contributed by atoms with van der Waals surface area (Å²) in [4.78, 5) is 46.9. The van der Waals surface area contributed by atoms with E-state index in [4.69, 9.17) is 16.5 Å². The minimum absolute atomic E-state index is 0.0122. The van der Waals surface area contributed by atoms with Crippen LogP contribution in [0.3, 0.4) is 0 Å². The molecule has 37 heavy (non-hydrogen) atoms. The number of hydrogen-bond acceptors (Lipinski definition) is 8. The molecule has 11 heteroatoms. The first-order chi connectivity index (χ1) is 17.5. The Morgan fingerprint density at radius 2 is 2.00 bits per heavy atom. The molecule has 4 rings (SSSR count).